The maximum atomic E-state index is 10.7. The number of carboxylic acid groups (broad SMARTS) is 1. The van der Waals surface area contributed by atoms with Crippen LogP contribution in [0.4, 0.5) is 0 Å². The minimum Gasteiger partial charge on any atom is -0.478 e. The number of aromatic carboxylic acids is 1. The van der Waals surface area contributed by atoms with E-state index in [0.29, 0.717) is 10.0 Å². The second kappa shape index (κ2) is 5.41. The van der Waals surface area contributed by atoms with Crippen LogP contribution in [0.25, 0.3) is 0 Å². The van der Waals surface area contributed by atoms with Gasteiger partial charge in [-0.1, -0.05) is 13.0 Å². The molecule has 0 radical (unpaired) electrons. The normalized spacial score (nSPS) is 10.1. The molecule has 0 aliphatic carbocycles. The number of halogens is 1. The van der Waals surface area contributed by atoms with Crippen molar-refractivity contribution in [3.05, 3.63) is 33.8 Å². The van der Waals surface area contributed by atoms with Crippen molar-refractivity contribution in [3.63, 3.8) is 0 Å². The summed E-state index contributed by atoms with van der Waals surface area (Å²) in [6.07, 6.45) is 0. The lowest BCUT2D eigenvalue weighted by Gasteiger charge is -2.03. The highest BCUT2D eigenvalue weighted by Crippen LogP contribution is 2.21. The molecule has 0 bridgehead atoms. The van der Waals surface area contributed by atoms with Gasteiger partial charge in [0, 0.05) is 10.2 Å². The minimum atomic E-state index is -0.897. The summed E-state index contributed by atoms with van der Waals surface area (Å²) in [5.74, 6) is 1.10. The summed E-state index contributed by atoms with van der Waals surface area (Å²) in [5.41, 5.74) is 1.46. The third-order valence-corrected chi connectivity index (χ3v) is 3.34. The lowest BCUT2D eigenvalue weighted by molar-refractivity contribution is 0.0696. The third kappa shape index (κ3) is 3.03. The van der Waals surface area contributed by atoms with E-state index in [1.54, 1.807) is 6.07 Å². The van der Waals surface area contributed by atoms with Crippen molar-refractivity contribution in [2.24, 2.45) is 0 Å². The molecular formula is C10H11BrO2S. The van der Waals surface area contributed by atoms with Crippen molar-refractivity contribution in [1.82, 2.24) is 0 Å². The number of hydrogen-bond donors (Lipinski definition) is 1. The Labute approximate surface area is 95.8 Å². The molecule has 0 fully saturated rings. The largest absolute Gasteiger partial charge is 0.478 e. The zero-order valence-corrected chi connectivity index (χ0v) is 10.2. The maximum Gasteiger partial charge on any atom is 0.336 e. The standard InChI is InChI=1S/C10H11BrO2S/c1-2-14-6-7-3-4-8(10(12)13)9(11)5-7/h3-5H,2,6H2,1H3,(H,12,13). The van der Waals surface area contributed by atoms with Crippen LogP contribution in [0.15, 0.2) is 22.7 Å². The van der Waals surface area contributed by atoms with E-state index in [4.69, 9.17) is 5.11 Å². The third-order valence-electron chi connectivity index (χ3n) is 1.74. The highest BCUT2D eigenvalue weighted by Gasteiger charge is 2.07. The molecule has 0 aliphatic rings. The Bertz CT molecular complexity index is 339. The molecule has 0 aromatic heterocycles. The zero-order chi connectivity index (χ0) is 10.6. The molecule has 0 heterocycles. The maximum absolute atomic E-state index is 10.7. The van der Waals surface area contributed by atoms with Crippen LogP contribution < -0.4 is 0 Å². The molecule has 1 N–H and O–H groups in total. The summed E-state index contributed by atoms with van der Waals surface area (Å²) in [7, 11) is 0. The van der Waals surface area contributed by atoms with Crippen molar-refractivity contribution >= 4 is 33.7 Å². The first kappa shape index (κ1) is 11.6. The molecule has 0 spiro atoms. The number of hydrogen-bond acceptors (Lipinski definition) is 2. The van der Waals surface area contributed by atoms with Crippen molar-refractivity contribution in [2.45, 2.75) is 12.7 Å². The lowest BCUT2D eigenvalue weighted by Crippen LogP contribution is -1.97. The van der Waals surface area contributed by atoms with Crippen LogP contribution in [-0.4, -0.2) is 16.8 Å². The molecule has 4 heteroatoms. The van der Waals surface area contributed by atoms with Gasteiger partial charge >= 0.3 is 5.97 Å². The van der Waals surface area contributed by atoms with Gasteiger partial charge in [0.05, 0.1) is 5.56 Å². The Hall–Kier alpha value is -0.480. The molecule has 1 rings (SSSR count). The summed E-state index contributed by atoms with van der Waals surface area (Å²) >= 11 is 5.07. The van der Waals surface area contributed by atoms with Crippen molar-refractivity contribution in [3.8, 4) is 0 Å². The quantitative estimate of drug-likeness (QED) is 0.915. The van der Waals surface area contributed by atoms with Gasteiger partial charge in [-0.15, -0.1) is 0 Å². The fourth-order valence-electron chi connectivity index (χ4n) is 1.04. The molecule has 76 valence electrons. The summed E-state index contributed by atoms with van der Waals surface area (Å²) in [6.45, 7) is 2.10. The van der Waals surface area contributed by atoms with Crippen LogP contribution >= 0.6 is 27.7 Å². The van der Waals surface area contributed by atoms with Crippen LogP contribution in [-0.2, 0) is 5.75 Å². The van der Waals surface area contributed by atoms with Gasteiger partial charge in [-0.2, -0.15) is 11.8 Å². The Morgan fingerprint density at radius 3 is 2.79 bits per heavy atom. The van der Waals surface area contributed by atoms with Gasteiger partial charge in [0.15, 0.2) is 0 Å². The lowest BCUT2D eigenvalue weighted by atomic mass is 10.1. The first-order chi connectivity index (χ1) is 6.65. The summed E-state index contributed by atoms with van der Waals surface area (Å²) in [4.78, 5) is 10.7. The second-order valence-electron chi connectivity index (χ2n) is 2.76. The first-order valence-corrected chi connectivity index (χ1v) is 6.19. The smallest absolute Gasteiger partial charge is 0.336 e. The van der Waals surface area contributed by atoms with E-state index in [1.807, 2.05) is 23.9 Å². The molecule has 14 heavy (non-hydrogen) atoms. The van der Waals surface area contributed by atoms with Crippen LogP contribution in [0, 0.1) is 0 Å². The summed E-state index contributed by atoms with van der Waals surface area (Å²) in [5, 5.41) is 8.80. The Morgan fingerprint density at radius 1 is 1.57 bits per heavy atom. The fraction of sp³-hybridized carbons (Fsp3) is 0.300. The van der Waals surface area contributed by atoms with Gasteiger partial charge in [-0.25, -0.2) is 4.79 Å². The number of carboxylic acids is 1. The highest BCUT2D eigenvalue weighted by molar-refractivity contribution is 9.10. The Balaban J connectivity index is 2.83. The van der Waals surface area contributed by atoms with Crippen molar-refractivity contribution in [2.75, 3.05) is 5.75 Å². The first-order valence-electron chi connectivity index (χ1n) is 4.24. The van der Waals surface area contributed by atoms with E-state index in [1.165, 1.54) is 0 Å². The van der Waals surface area contributed by atoms with Gasteiger partial charge in [0.2, 0.25) is 0 Å². The molecule has 0 saturated carbocycles. The minimum absolute atomic E-state index is 0.315. The van der Waals surface area contributed by atoms with Crippen molar-refractivity contribution in [1.29, 1.82) is 0 Å². The number of rotatable bonds is 4. The van der Waals surface area contributed by atoms with Gasteiger partial charge < -0.3 is 5.11 Å². The SMILES string of the molecule is CCSCc1ccc(C(=O)O)c(Br)c1. The van der Waals surface area contributed by atoms with Crippen molar-refractivity contribution < 1.29 is 9.90 Å². The fourth-order valence-corrected chi connectivity index (χ4v) is 2.26. The van der Waals surface area contributed by atoms with Gasteiger partial charge in [0.25, 0.3) is 0 Å². The molecular weight excluding hydrogens is 264 g/mol. The molecule has 0 saturated heterocycles. The van der Waals surface area contributed by atoms with Crippen LogP contribution in [0.2, 0.25) is 0 Å². The topological polar surface area (TPSA) is 37.3 Å². The predicted molar refractivity (Wildman–Crippen MR) is 62.9 cm³/mol. The van der Waals surface area contributed by atoms with Crippen LogP contribution in [0.5, 0.6) is 0 Å². The molecule has 0 atom stereocenters. The molecule has 1 aromatic rings. The number of thioether (sulfide) groups is 1. The van der Waals surface area contributed by atoms with E-state index < -0.39 is 5.97 Å². The Kier molecular flexibility index (Phi) is 4.48. The molecule has 0 unspecified atom stereocenters. The average molecular weight is 275 g/mol. The highest BCUT2D eigenvalue weighted by atomic mass is 79.9. The van der Waals surface area contributed by atoms with E-state index in [-0.39, 0.29) is 0 Å². The monoisotopic (exact) mass is 274 g/mol. The molecule has 1 aromatic carbocycles. The van der Waals surface area contributed by atoms with Crippen LogP contribution in [0.3, 0.4) is 0 Å². The van der Waals surface area contributed by atoms with E-state index >= 15 is 0 Å². The zero-order valence-electron chi connectivity index (χ0n) is 7.79. The second-order valence-corrected chi connectivity index (χ2v) is 4.89. The van der Waals surface area contributed by atoms with Gasteiger partial charge in [-0.3, -0.25) is 0 Å². The van der Waals surface area contributed by atoms with E-state index in [0.717, 1.165) is 17.1 Å². The van der Waals surface area contributed by atoms with E-state index in [9.17, 15) is 4.79 Å². The number of benzene rings is 1. The molecule has 0 aliphatic heterocycles. The molecule has 0 amide bonds. The van der Waals surface area contributed by atoms with Crippen LogP contribution in [0.1, 0.15) is 22.8 Å². The summed E-state index contributed by atoms with van der Waals surface area (Å²) in [6, 6.07) is 5.36. The van der Waals surface area contributed by atoms with Gasteiger partial charge in [0.1, 0.15) is 0 Å². The number of carbonyl (C=O) groups is 1. The molecule has 2 nitrogen and oxygen atoms in total. The average Bonchev–Trinajstić information content (AvgIpc) is 2.14. The Morgan fingerprint density at radius 2 is 2.29 bits per heavy atom. The van der Waals surface area contributed by atoms with Gasteiger partial charge in [-0.05, 0) is 39.4 Å². The predicted octanol–water partition coefficient (Wildman–Crippen LogP) is 3.40. The summed E-state index contributed by atoms with van der Waals surface area (Å²) < 4.78 is 0.652. The van der Waals surface area contributed by atoms with E-state index in [2.05, 4.69) is 22.9 Å².